The van der Waals surface area contributed by atoms with Gasteiger partial charge in [-0.05, 0) is 0 Å². The molecule has 0 heterocycles. The van der Waals surface area contributed by atoms with Crippen molar-refractivity contribution in [1.82, 2.24) is 0 Å². The summed E-state index contributed by atoms with van der Waals surface area (Å²) < 4.78 is 27.8. The standard InChI is InChI=1S/CH2F2.3Li.H3O4P/c2-1-3;;;;1-5(2,3)4/h1H2;;;;(H3,1,2,3,4)/q;3*+1;/p-3. The Kier molecular flexibility index (Phi) is 47.3. The van der Waals surface area contributed by atoms with Crippen LogP contribution in [0.15, 0.2) is 0 Å². The molecule has 4 nitrogen and oxygen atoms in total. The van der Waals surface area contributed by atoms with Crippen LogP contribution in [0.2, 0.25) is 0 Å². The molecule has 0 fully saturated rings. The summed E-state index contributed by atoms with van der Waals surface area (Å²) in [7, 11) is -5.39. The maximum Gasteiger partial charge on any atom is 1.00 e. The first-order chi connectivity index (χ1) is 3.41. The number of halogens is 2. The average molecular weight is 168 g/mol. The minimum absolute atomic E-state index is 0. The molecule has 11 heavy (non-hydrogen) atoms. The molecular formula is CH2F2Li3O4P. The Balaban J connectivity index is -0.0000000183. The Morgan fingerprint density at radius 3 is 1.00 bits per heavy atom. The van der Waals surface area contributed by atoms with Gasteiger partial charge in [0.2, 0.25) is 6.93 Å². The van der Waals surface area contributed by atoms with Crippen molar-refractivity contribution in [2.75, 3.05) is 6.93 Å². The summed E-state index contributed by atoms with van der Waals surface area (Å²) in [5, 5.41) is 0. The first-order valence-corrected chi connectivity index (χ1v) is 2.73. The van der Waals surface area contributed by atoms with Crippen LogP contribution in [-0.2, 0) is 4.57 Å². The van der Waals surface area contributed by atoms with E-state index in [9.17, 15) is 8.78 Å². The molecule has 0 aromatic rings. The molecule has 52 valence electrons. The molecule has 0 saturated heterocycles. The zero-order chi connectivity index (χ0) is 7.21. The van der Waals surface area contributed by atoms with Crippen LogP contribution in [0.1, 0.15) is 0 Å². The Morgan fingerprint density at radius 1 is 1.00 bits per heavy atom. The van der Waals surface area contributed by atoms with Gasteiger partial charge in [0.05, 0.1) is 0 Å². The zero-order valence-electron chi connectivity index (χ0n) is 6.54. The van der Waals surface area contributed by atoms with Crippen LogP contribution < -0.4 is 71.3 Å². The van der Waals surface area contributed by atoms with Gasteiger partial charge in [0.25, 0.3) is 0 Å². The van der Waals surface area contributed by atoms with Crippen LogP contribution in [0.4, 0.5) is 8.78 Å². The topological polar surface area (TPSA) is 86.2 Å². The third-order valence-corrected chi connectivity index (χ3v) is 0. The van der Waals surface area contributed by atoms with Crippen LogP contribution in [0.3, 0.4) is 0 Å². The predicted octanol–water partition coefficient (Wildman–Crippen LogP) is -10.9. The first-order valence-electron chi connectivity index (χ1n) is 1.26. The van der Waals surface area contributed by atoms with Crippen molar-refractivity contribution in [1.29, 1.82) is 0 Å². The number of phosphoric acid groups is 1. The normalized spacial score (nSPS) is 7.00. The maximum absolute atomic E-state index is 9.62. The number of hydrogen-bond donors (Lipinski definition) is 0. The molecule has 10 heteroatoms. The summed E-state index contributed by atoms with van der Waals surface area (Å²) in [5.41, 5.74) is 0. The van der Waals surface area contributed by atoms with Crippen LogP contribution in [-0.4, -0.2) is 6.93 Å². The van der Waals surface area contributed by atoms with Gasteiger partial charge >= 0.3 is 56.6 Å². The van der Waals surface area contributed by atoms with E-state index in [1.54, 1.807) is 0 Å². The Morgan fingerprint density at radius 2 is 1.00 bits per heavy atom. The molecule has 0 bridgehead atoms. The molecule has 0 amide bonds. The van der Waals surface area contributed by atoms with Gasteiger partial charge in [0.1, 0.15) is 0 Å². The molecule has 0 aliphatic heterocycles. The molecule has 0 N–H and O–H groups in total. The molecule has 0 spiro atoms. The molecule has 0 saturated carbocycles. The number of alkyl halides is 2. The summed E-state index contributed by atoms with van der Waals surface area (Å²) in [6, 6.07) is 0. The summed E-state index contributed by atoms with van der Waals surface area (Å²) in [6.07, 6.45) is 0. The summed E-state index contributed by atoms with van der Waals surface area (Å²) in [6.45, 7) is -1.75. The van der Waals surface area contributed by atoms with E-state index < -0.39 is 14.8 Å². The fourth-order valence-corrected chi connectivity index (χ4v) is 0. The average Bonchev–Trinajstić information content (AvgIpc) is 1.27. The second kappa shape index (κ2) is 17.7. The molecule has 0 aromatic carbocycles. The molecule has 0 atom stereocenters. The fraction of sp³-hybridized carbons (Fsp3) is 1.00. The van der Waals surface area contributed by atoms with E-state index in [1.165, 1.54) is 0 Å². The van der Waals surface area contributed by atoms with Gasteiger partial charge in [0, 0.05) is 0 Å². The van der Waals surface area contributed by atoms with E-state index in [1.807, 2.05) is 0 Å². The van der Waals surface area contributed by atoms with E-state index in [2.05, 4.69) is 0 Å². The van der Waals surface area contributed by atoms with Crippen LogP contribution in [0, 0.1) is 0 Å². The SMILES string of the molecule is FCF.O=P([O-])([O-])[O-].[Li+].[Li+].[Li+]. The number of hydrogen-bond acceptors (Lipinski definition) is 4. The number of rotatable bonds is 0. The van der Waals surface area contributed by atoms with Crippen molar-refractivity contribution in [3.05, 3.63) is 0 Å². The van der Waals surface area contributed by atoms with Crippen molar-refractivity contribution in [2.24, 2.45) is 0 Å². The summed E-state index contributed by atoms with van der Waals surface area (Å²) in [4.78, 5) is 25.6. The fourth-order valence-electron chi connectivity index (χ4n) is 0. The molecular weight excluding hydrogens is 166 g/mol. The van der Waals surface area contributed by atoms with Crippen molar-refractivity contribution >= 4 is 7.82 Å². The third-order valence-electron chi connectivity index (χ3n) is 0. The Bertz CT molecular complexity index is 79.1. The molecule has 0 aromatic heterocycles. The van der Waals surface area contributed by atoms with E-state index >= 15 is 0 Å². The smallest absolute Gasteiger partial charge is 0.822 e. The van der Waals surface area contributed by atoms with Gasteiger partial charge in [0.15, 0.2) is 0 Å². The molecule has 0 aliphatic rings. The summed E-state index contributed by atoms with van der Waals surface area (Å²) in [5.74, 6) is 0. The van der Waals surface area contributed by atoms with Crippen molar-refractivity contribution in [3.63, 3.8) is 0 Å². The van der Waals surface area contributed by atoms with Gasteiger partial charge in [-0.15, -0.1) is 0 Å². The van der Waals surface area contributed by atoms with Gasteiger partial charge in [-0.3, -0.25) is 0 Å². The van der Waals surface area contributed by atoms with Gasteiger partial charge in [-0.25, -0.2) is 8.78 Å². The third kappa shape index (κ3) is 361. The van der Waals surface area contributed by atoms with E-state index in [0.717, 1.165) is 0 Å². The van der Waals surface area contributed by atoms with Crippen molar-refractivity contribution < 1.29 is 84.6 Å². The minimum atomic E-state index is -5.39. The molecule has 0 aliphatic carbocycles. The van der Waals surface area contributed by atoms with Gasteiger partial charge < -0.3 is 19.2 Å². The van der Waals surface area contributed by atoms with Gasteiger partial charge in [-0.1, -0.05) is 0 Å². The van der Waals surface area contributed by atoms with E-state index in [4.69, 9.17) is 19.2 Å². The monoisotopic (exact) mass is 168 g/mol. The molecule has 0 radical (unpaired) electrons. The largest absolute Gasteiger partial charge is 1.00 e. The first kappa shape index (κ1) is 29.3. The predicted molar refractivity (Wildman–Crippen MR) is 14.7 cm³/mol. The van der Waals surface area contributed by atoms with Crippen LogP contribution in [0.25, 0.3) is 0 Å². The van der Waals surface area contributed by atoms with E-state index in [-0.39, 0.29) is 56.6 Å². The Hall–Kier alpha value is 1.76. The second-order valence-electron chi connectivity index (χ2n) is 0.548. The minimum Gasteiger partial charge on any atom is -0.822 e. The van der Waals surface area contributed by atoms with Crippen LogP contribution in [0.5, 0.6) is 0 Å². The quantitative estimate of drug-likeness (QED) is 0.265. The van der Waals surface area contributed by atoms with Crippen LogP contribution >= 0.6 is 7.82 Å². The molecule has 0 rings (SSSR count). The second-order valence-corrected chi connectivity index (χ2v) is 1.44. The molecule has 0 unspecified atom stereocenters. The Labute approximate surface area is 98.9 Å². The van der Waals surface area contributed by atoms with Crippen molar-refractivity contribution in [3.8, 4) is 0 Å². The van der Waals surface area contributed by atoms with E-state index in [0.29, 0.717) is 0 Å². The summed E-state index contributed by atoms with van der Waals surface area (Å²) >= 11 is 0. The maximum atomic E-state index is 9.62. The van der Waals surface area contributed by atoms with Gasteiger partial charge in [-0.2, -0.15) is 7.82 Å². The zero-order valence-corrected chi connectivity index (χ0v) is 7.44. The van der Waals surface area contributed by atoms with Crippen molar-refractivity contribution in [2.45, 2.75) is 0 Å².